The first-order valence-electron chi connectivity index (χ1n) is 6.35. The highest BCUT2D eigenvalue weighted by atomic mass is 16.5. The highest BCUT2D eigenvalue weighted by Crippen LogP contribution is 2.32. The molecule has 0 radical (unpaired) electrons. The normalized spacial score (nSPS) is 18.0. The van der Waals surface area contributed by atoms with Crippen LogP contribution in [0.5, 0.6) is 5.75 Å². The lowest BCUT2D eigenvalue weighted by atomic mass is 9.89. The van der Waals surface area contributed by atoms with E-state index in [0.29, 0.717) is 13.0 Å². The monoisotopic (exact) mass is 249 g/mol. The molecule has 1 aromatic carbocycles. The van der Waals surface area contributed by atoms with Crippen molar-refractivity contribution in [3.8, 4) is 5.75 Å². The van der Waals surface area contributed by atoms with E-state index in [2.05, 4.69) is 5.32 Å². The average Bonchev–Trinajstić information content (AvgIpc) is 2.39. The van der Waals surface area contributed by atoms with Crippen molar-refractivity contribution >= 4 is 5.91 Å². The number of carbonyl (C=O) groups is 1. The van der Waals surface area contributed by atoms with E-state index >= 15 is 0 Å². The van der Waals surface area contributed by atoms with Crippen LogP contribution in [-0.2, 0) is 11.2 Å². The Morgan fingerprint density at radius 2 is 2.39 bits per heavy atom. The summed E-state index contributed by atoms with van der Waals surface area (Å²) in [7, 11) is 1.61. The fraction of sp³-hybridized carbons (Fsp3) is 0.500. The highest BCUT2D eigenvalue weighted by Gasteiger charge is 2.18. The Balaban J connectivity index is 1.98. The van der Waals surface area contributed by atoms with Crippen molar-refractivity contribution in [2.24, 2.45) is 0 Å². The SMILES string of the molecule is CNC(=O)CCOc1ccc2c(c1)[C@H](O)CCC2. The first-order chi connectivity index (χ1) is 8.70. The number of carbonyl (C=O) groups excluding carboxylic acids is 1. The third-order valence-corrected chi connectivity index (χ3v) is 3.28. The Hall–Kier alpha value is -1.55. The van der Waals surface area contributed by atoms with Gasteiger partial charge in [-0.3, -0.25) is 4.79 Å². The van der Waals surface area contributed by atoms with Crippen molar-refractivity contribution in [1.82, 2.24) is 5.32 Å². The Morgan fingerprint density at radius 3 is 3.17 bits per heavy atom. The Labute approximate surface area is 107 Å². The first kappa shape index (κ1) is 12.9. The molecule has 18 heavy (non-hydrogen) atoms. The summed E-state index contributed by atoms with van der Waals surface area (Å²) in [5.41, 5.74) is 2.17. The largest absolute Gasteiger partial charge is 0.493 e. The van der Waals surface area contributed by atoms with E-state index in [4.69, 9.17) is 4.74 Å². The third kappa shape index (κ3) is 3.01. The summed E-state index contributed by atoms with van der Waals surface area (Å²) in [6, 6.07) is 5.80. The van der Waals surface area contributed by atoms with Crippen molar-refractivity contribution in [1.29, 1.82) is 0 Å². The van der Waals surface area contributed by atoms with Gasteiger partial charge in [0.1, 0.15) is 5.75 Å². The summed E-state index contributed by atoms with van der Waals surface area (Å²) in [4.78, 5) is 11.1. The van der Waals surface area contributed by atoms with Crippen LogP contribution in [-0.4, -0.2) is 24.7 Å². The van der Waals surface area contributed by atoms with Gasteiger partial charge in [0.05, 0.1) is 19.1 Å². The zero-order chi connectivity index (χ0) is 13.0. The molecule has 0 heterocycles. The number of aliphatic hydroxyl groups excluding tert-OH is 1. The van der Waals surface area contributed by atoms with E-state index in [1.807, 2.05) is 18.2 Å². The molecule has 2 N–H and O–H groups in total. The molecule has 1 aliphatic carbocycles. The number of ether oxygens (including phenoxy) is 1. The van der Waals surface area contributed by atoms with Gasteiger partial charge in [0.25, 0.3) is 0 Å². The van der Waals surface area contributed by atoms with Crippen LogP contribution in [0.2, 0.25) is 0 Å². The zero-order valence-electron chi connectivity index (χ0n) is 10.6. The average molecular weight is 249 g/mol. The van der Waals surface area contributed by atoms with Gasteiger partial charge in [0, 0.05) is 7.05 Å². The van der Waals surface area contributed by atoms with Gasteiger partial charge in [0.2, 0.25) is 5.91 Å². The molecule has 2 rings (SSSR count). The van der Waals surface area contributed by atoms with Gasteiger partial charge < -0.3 is 15.2 Å². The van der Waals surface area contributed by atoms with Crippen molar-refractivity contribution in [3.63, 3.8) is 0 Å². The summed E-state index contributed by atoms with van der Waals surface area (Å²) in [5.74, 6) is 0.687. The van der Waals surface area contributed by atoms with E-state index < -0.39 is 0 Å². The molecule has 0 saturated carbocycles. The van der Waals surface area contributed by atoms with E-state index in [1.165, 1.54) is 5.56 Å². The second kappa shape index (κ2) is 5.87. The summed E-state index contributed by atoms with van der Waals surface area (Å²) in [5, 5.41) is 12.5. The molecule has 1 aliphatic rings. The number of amides is 1. The quantitative estimate of drug-likeness (QED) is 0.851. The maximum absolute atomic E-state index is 11.1. The smallest absolute Gasteiger partial charge is 0.223 e. The van der Waals surface area contributed by atoms with Crippen molar-refractivity contribution < 1.29 is 14.6 Å². The summed E-state index contributed by atoms with van der Waals surface area (Å²) < 4.78 is 5.52. The molecule has 0 aliphatic heterocycles. The topological polar surface area (TPSA) is 58.6 Å². The Bertz CT molecular complexity index is 431. The van der Waals surface area contributed by atoms with E-state index in [-0.39, 0.29) is 12.0 Å². The summed E-state index contributed by atoms with van der Waals surface area (Å²) >= 11 is 0. The lowest BCUT2D eigenvalue weighted by molar-refractivity contribution is -0.121. The number of fused-ring (bicyclic) bond motifs is 1. The highest BCUT2D eigenvalue weighted by molar-refractivity contribution is 5.75. The van der Waals surface area contributed by atoms with Crippen LogP contribution in [0.25, 0.3) is 0 Å². The molecule has 98 valence electrons. The molecular formula is C14H19NO3. The molecule has 0 aromatic heterocycles. The standard InChI is InChI=1S/C14H19NO3/c1-15-14(17)7-8-18-11-6-5-10-3-2-4-13(16)12(10)9-11/h5-6,9,13,16H,2-4,7-8H2,1H3,(H,15,17)/t13-/m1/s1. The molecular weight excluding hydrogens is 230 g/mol. The van der Waals surface area contributed by atoms with Crippen LogP contribution in [0, 0.1) is 0 Å². The molecule has 1 aromatic rings. The molecule has 4 nitrogen and oxygen atoms in total. The molecule has 0 saturated heterocycles. The Kier molecular flexibility index (Phi) is 4.20. The number of hydrogen-bond donors (Lipinski definition) is 2. The van der Waals surface area contributed by atoms with Gasteiger partial charge >= 0.3 is 0 Å². The minimum absolute atomic E-state index is 0.0343. The van der Waals surface area contributed by atoms with Gasteiger partial charge in [-0.25, -0.2) is 0 Å². The van der Waals surface area contributed by atoms with Crippen LogP contribution in [0.4, 0.5) is 0 Å². The predicted molar refractivity (Wildman–Crippen MR) is 68.5 cm³/mol. The minimum Gasteiger partial charge on any atom is -0.493 e. The molecule has 1 amide bonds. The lowest BCUT2D eigenvalue weighted by Gasteiger charge is -2.21. The second-order valence-electron chi connectivity index (χ2n) is 4.54. The number of rotatable bonds is 4. The number of aryl methyl sites for hydroxylation is 1. The zero-order valence-corrected chi connectivity index (χ0v) is 10.6. The van der Waals surface area contributed by atoms with Crippen LogP contribution in [0.15, 0.2) is 18.2 Å². The van der Waals surface area contributed by atoms with E-state index in [9.17, 15) is 9.90 Å². The number of benzene rings is 1. The van der Waals surface area contributed by atoms with Crippen molar-refractivity contribution in [3.05, 3.63) is 29.3 Å². The van der Waals surface area contributed by atoms with Crippen molar-refractivity contribution in [2.75, 3.05) is 13.7 Å². The predicted octanol–water partition coefficient (Wildman–Crippen LogP) is 1.57. The molecule has 1 atom stereocenters. The first-order valence-corrected chi connectivity index (χ1v) is 6.35. The maximum atomic E-state index is 11.1. The van der Waals surface area contributed by atoms with E-state index in [1.54, 1.807) is 7.05 Å². The van der Waals surface area contributed by atoms with Crippen LogP contribution in [0.3, 0.4) is 0 Å². The maximum Gasteiger partial charge on any atom is 0.223 e. The summed E-state index contributed by atoms with van der Waals surface area (Å²) in [6.07, 6.45) is 2.83. The van der Waals surface area contributed by atoms with E-state index in [0.717, 1.165) is 30.6 Å². The van der Waals surface area contributed by atoms with Gasteiger partial charge in [-0.15, -0.1) is 0 Å². The van der Waals surface area contributed by atoms with Gasteiger partial charge in [-0.1, -0.05) is 6.07 Å². The minimum atomic E-state index is -0.378. The third-order valence-electron chi connectivity index (χ3n) is 3.28. The molecule has 0 unspecified atom stereocenters. The van der Waals surface area contributed by atoms with Crippen LogP contribution in [0.1, 0.15) is 36.5 Å². The fourth-order valence-electron chi connectivity index (χ4n) is 2.23. The molecule has 4 heteroatoms. The summed E-state index contributed by atoms with van der Waals surface area (Å²) in [6.45, 7) is 0.356. The molecule has 0 fully saturated rings. The number of aliphatic hydroxyl groups is 1. The van der Waals surface area contributed by atoms with Crippen molar-refractivity contribution in [2.45, 2.75) is 31.8 Å². The Morgan fingerprint density at radius 1 is 1.56 bits per heavy atom. The number of nitrogens with one attached hydrogen (secondary N) is 1. The van der Waals surface area contributed by atoms with Gasteiger partial charge in [-0.2, -0.15) is 0 Å². The second-order valence-corrected chi connectivity index (χ2v) is 4.54. The van der Waals surface area contributed by atoms with Crippen LogP contribution >= 0.6 is 0 Å². The lowest BCUT2D eigenvalue weighted by Crippen LogP contribution is -2.20. The number of hydrogen-bond acceptors (Lipinski definition) is 3. The van der Waals surface area contributed by atoms with Crippen LogP contribution < -0.4 is 10.1 Å². The molecule has 0 spiro atoms. The fourth-order valence-corrected chi connectivity index (χ4v) is 2.23. The van der Waals surface area contributed by atoms with Gasteiger partial charge in [-0.05, 0) is 42.5 Å². The molecule has 0 bridgehead atoms. The van der Waals surface area contributed by atoms with Gasteiger partial charge in [0.15, 0.2) is 0 Å².